The first-order valence-corrected chi connectivity index (χ1v) is 9.21. The fourth-order valence-corrected chi connectivity index (χ4v) is 3.06. The summed E-state index contributed by atoms with van der Waals surface area (Å²) >= 11 is 0. The summed E-state index contributed by atoms with van der Waals surface area (Å²) in [6, 6.07) is 7.62. The summed E-state index contributed by atoms with van der Waals surface area (Å²) in [4.78, 5) is 14.3. The van der Waals surface area contributed by atoms with Crippen LogP contribution in [-0.4, -0.2) is 43.1 Å². The van der Waals surface area contributed by atoms with Gasteiger partial charge in [-0.25, -0.2) is 0 Å². The highest BCUT2D eigenvalue weighted by molar-refractivity contribution is 5.78. The first-order chi connectivity index (χ1) is 12.7. The smallest absolute Gasteiger partial charge is 0.224 e. The number of hydrogen-bond acceptors (Lipinski definition) is 5. The van der Waals surface area contributed by atoms with Gasteiger partial charge in [0.2, 0.25) is 5.91 Å². The fourth-order valence-electron chi connectivity index (χ4n) is 3.06. The molecule has 2 rings (SSSR count). The second-order valence-electron chi connectivity index (χ2n) is 8.09. The standard InChI is InChI=1S/C21H31N3O3/c1-15-19(16(2)27-23-15)12-26-18-9-7-17(8-10-18)11-20(25)22-13-21(3,4)14-24(5)6/h7-10H,11-14H2,1-6H3,(H,22,25). The number of aromatic nitrogens is 1. The van der Waals surface area contributed by atoms with Gasteiger partial charge < -0.3 is 19.5 Å². The third kappa shape index (κ3) is 6.71. The van der Waals surface area contributed by atoms with Gasteiger partial charge in [0.15, 0.2) is 0 Å². The third-order valence-electron chi connectivity index (χ3n) is 4.36. The molecule has 0 atom stereocenters. The van der Waals surface area contributed by atoms with Gasteiger partial charge in [0.1, 0.15) is 18.1 Å². The second-order valence-corrected chi connectivity index (χ2v) is 8.09. The maximum Gasteiger partial charge on any atom is 0.224 e. The Labute approximate surface area is 161 Å². The minimum atomic E-state index is 0.0335. The molecule has 1 heterocycles. The van der Waals surface area contributed by atoms with Crippen LogP contribution in [-0.2, 0) is 17.8 Å². The Kier molecular flexibility index (Phi) is 7.02. The van der Waals surface area contributed by atoms with E-state index < -0.39 is 0 Å². The van der Waals surface area contributed by atoms with Crippen molar-refractivity contribution in [3.8, 4) is 5.75 Å². The Balaban J connectivity index is 1.82. The molecule has 1 amide bonds. The predicted octanol–water partition coefficient (Wildman–Crippen LogP) is 3.12. The Morgan fingerprint density at radius 1 is 1.22 bits per heavy atom. The van der Waals surface area contributed by atoms with Crippen LogP contribution in [0.2, 0.25) is 0 Å². The number of aryl methyl sites for hydroxylation is 2. The zero-order valence-corrected chi connectivity index (χ0v) is 17.3. The number of carbonyl (C=O) groups excluding carboxylic acids is 1. The van der Waals surface area contributed by atoms with E-state index in [9.17, 15) is 4.79 Å². The molecule has 0 bridgehead atoms. The molecule has 0 aliphatic heterocycles. The van der Waals surface area contributed by atoms with Crippen LogP contribution in [0.1, 0.15) is 36.4 Å². The molecular formula is C21H31N3O3. The highest BCUT2D eigenvalue weighted by atomic mass is 16.5. The quantitative estimate of drug-likeness (QED) is 0.731. The van der Waals surface area contributed by atoms with E-state index in [1.807, 2.05) is 52.2 Å². The molecule has 6 nitrogen and oxygen atoms in total. The Hall–Kier alpha value is -2.34. The van der Waals surface area contributed by atoms with Crippen molar-refractivity contribution >= 4 is 5.91 Å². The lowest BCUT2D eigenvalue weighted by Gasteiger charge is -2.28. The summed E-state index contributed by atoms with van der Waals surface area (Å²) in [7, 11) is 4.08. The minimum absolute atomic E-state index is 0.0335. The molecule has 0 aliphatic carbocycles. The van der Waals surface area contributed by atoms with Crippen LogP contribution in [0.3, 0.4) is 0 Å². The molecule has 148 valence electrons. The summed E-state index contributed by atoms with van der Waals surface area (Å²) in [5.74, 6) is 1.57. The number of rotatable bonds is 9. The molecule has 27 heavy (non-hydrogen) atoms. The van der Waals surface area contributed by atoms with Crippen LogP contribution in [0.15, 0.2) is 28.8 Å². The highest BCUT2D eigenvalue weighted by Crippen LogP contribution is 2.18. The number of carbonyl (C=O) groups is 1. The van der Waals surface area contributed by atoms with Crippen LogP contribution in [0.4, 0.5) is 0 Å². The molecule has 2 aromatic rings. The minimum Gasteiger partial charge on any atom is -0.489 e. The van der Waals surface area contributed by atoms with Crippen molar-refractivity contribution < 1.29 is 14.1 Å². The zero-order valence-electron chi connectivity index (χ0n) is 17.3. The van der Waals surface area contributed by atoms with E-state index in [1.54, 1.807) is 0 Å². The van der Waals surface area contributed by atoms with Crippen molar-refractivity contribution in [2.45, 2.75) is 40.7 Å². The molecule has 0 unspecified atom stereocenters. The van der Waals surface area contributed by atoms with Gasteiger partial charge in [-0.2, -0.15) is 0 Å². The molecule has 0 fully saturated rings. The van der Waals surface area contributed by atoms with Crippen molar-refractivity contribution in [1.82, 2.24) is 15.4 Å². The maximum absolute atomic E-state index is 12.2. The molecule has 0 radical (unpaired) electrons. The molecule has 1 aromatic carbocycles. The first kappa shape index (κ1) is 21.0. The van der Waals surface area contributed by atoms with Gasteiger partial charge in [0.25, 0.3) is 0 Å². The lowest BCUT2D eigenvalue weighted by atomic mass is 9.93. The summed E-state index contributed by atoms with van der Waals surface area (Å²) in [6.45, 7) is 10.1. The average Bonchev–Trinajstić information content (AvgIpc) is 2.90. The van der Waals surface area contributed by atoms with Gasteiger partial charge >= 0.3 is 0 Å². The summed E-state index contributed by atoms with van der Waals surface area (Å²) in [5.41, 5.74) is 2.81. The van der Waals surface area contributed by atoms with Crippen molar-refractivity contribution in [1.29, 1.82) is 0 Å². The lowest BCUT2D eigenvalue weighted by Crippen LogP contribution is -2.40. The molecule has 1 aromatic heterocycles. The molecule has 0 spiro atoms. The van der Waals surface area contributed by atoms with Gasteiger partial charge in [-0.3, -0.25) is 4.79 Å². The third-order valence-corrected chi connectivity index (χ3v) is 4.36. The lowest BCUT2D eigenvalue weighted by molar-refractivity contribution is -0.120. The van der Waals surface area contributed by atoms with Crippen molar-refractivity contribution in [2.24, 2.45) is 5.41 Å². The Bertz CT molecular complexity index is 729. The van der Waals surface area contributed by atoms with Crippen molar-refractivity contribution in [2.75, 3.05) is 27.2 Å². The monoisotopic (exact) mass is 373 g/mol. The summed E-state index contributed by atoms with van der Waals surface area (Å²) in [6.07, 6.45) is 0.363. The zero-order chi connectivity index (χ0) is 20.0. The molecule has 0 saturated heterocycles. The van der Waals surface area contributed by atoms with Crippen LogP contribution >= 0.6 is 0 Å². The van der Waals surface area contributed by atoms with E-state index in [-0.39, 0.29) is 11.3 Å². The fraction of sp³-hybridized carbons (Fsp3) is 0.524. The number of amides is 1. The SMILES string of the molecule is Cc1noc(C)c1COc1ccc(CC(=O)NCC(C)(C)CN(C)C)cc1. The Morgan fingerprint density at radius 3 is 2.44 bits per heavy atom. The van der Waals surface area contributed by atoms with Gasteiger partial charge in [-0.05, 0) is 51.1 Å². The van der Waals surface area contributed by atoms with Gasteiger partial charge in [-0.15, -0.1) is 0 Å². The largest absolute Gasteiger partial charge is 0.489 e. The summed E-state index contributed by atoms with van der Waals surface area (Å²) in [5, 5.41) is 6.96. The molecule has 6 heteroatoms. The van der Waals surface area contributed by atoms with E-state index in [2.05, 4.69) is 29.2 Å². The normalized spacial score (nSPS) is 11.7. The second kappa shape index (κ2) is 9.04. The number of nitrogens with one attached hydrogen (secondary N) is 1. The van der Waals surface area contributed by atoms with E-state index in [0.29, 0.717) is 19.6 Å². The number of nitrogens with zero attached hydrogens (tertiary/aromatic N) is 2. The average molecular weight is 373 g/mol. The topological polar surface area (TPSA) is 67.6 Å². The number of hydrogen-bond donors (Lipinski definition) is 1. The van der Waals surface area contributed by atoms with Crippen molar-refractivity contribution in [3.63, 3.8) is 0 Å². The van der Waals surface area contributed by atoms with Crippen LogP contribution in [0.25, 0.3) is 0 Å². The van der Waals surface area contributed by atoms with E-state index in [0.717, 1.165) is 34.9 Å². The number of benzene rings is 1. The highest BCUT2D eigenvalue weighted by Gasteiger charge is 2.19. The molecule has 0 aliphatic rings. The van der Waals surface area contributed by atoms with E-state index >= 15 is 0 Å². The van der Waals surface area contributed by atoms with Crippen LogP contribution in [0, 0.1) is 19.3 Å². The van der Waals surface area contributed by atoms with E-state index in [1.165, 1.54) is 0 Å². The van der Waals surface area contributed by atoms with Crippen LogP contribution < -0.4 is 10.1 Å². The van der Waals surface area contributed by atoms with Crippen LogP contribution in [0.5, 0.6) is 5.75 Å². The molecular weight excluding hydrogens is 342 g/mol. The maximum atomic E-state index is 12.2. The predicted molar refractivity (Wildman–Crippen MR) is 106 cm³/mol. The number of ether oxygens (including phenoxy) is 1. The van der Waals surface area contributed by atoms with Crippen molar-refractivity contribution in [3.05, 3.63) is 46.8 Å². The summed E-state index contributed by atoms with van der Waals surface area (Å²) < 4.78 is 10.9. The van der Waals surface area contributed by atoms with Gasteiger partial charge in [-0.1, -0.05) is 31.1 Å². The molecule has 0 saturated carbocycles. The first-order valence-electron chi connectivity index (χ1n) is 9.21. The molecule has 1 N–H and O–H groups in total. The Morgan fingerprint density at radius 2 is 1.89 bits per heavy atom. The van der Waals surface area contributed by atoms with E-state index in [4.69, 9.17) is 9.26 Å². The van der Waals surface area contributed by atoms with Gasteiger partial charge in [0.05, 0.1) is 17.7 Å². The van der Waals surface area contributed by atoms with Gasteiger partial charge in [0, 0.05) is 13.1 Å².